The Morgan fingerprint density at radius 1 is 1.15 bits per heavy atom. The zero-order chi connectivity index (χ0) is 20.9. The third kappa shape index (κ3) is 11.3. The lowest BCUT2D eigenvalue weighted by atomic mass is 9.80. The quantitative estimate of drug-likeness (QED) is 0.419. The lowest BCUT2D eigenvalue weighted by Crippen LogP contribution is -2.11. The van der Waals surface area contributed by atoms with E-state index in [-0.39, 0.29) is 0 Å². The summed E-state index contributed by atoms with van der Waals surface area (Å²) in [5.74, 6) is 1.63. The molecule has 0 amide bonds. The van der Waals surface area contributed by atoms with E-state index in [0.29, 0.717) is 11.3 Å². The Bertz CT molecular complexity index is 609. The number of ether oxygens (including phenoxy) is 1. The van der Waals surface area contributed by atoms with Gasteiger partial charge in [0.15, 0.2) is 0 Å². The highest BCUT2D eigenvalue weighted by molar-refractivity contribution is 5.36. The molecule has 1 aromatic rings. The topological polar surface area (TPSA) is 9.23 Å². The molecule has 0 aliphatic carbocycles. The summed E-state index contributed by atoms with van der Waals surface area (Å²) in [6, 6.07) is 8.60. The van der Waals surface area contributed by atoms with Crippen molar-refractivity contribution in [3.8, 4) is 5.75 Å². The standard InChI is InChI=1S/C16H26O.C10H14/c1-6-13(12-16(3,4)5)14-8-10-15(11-9-14)17-7-2;1-5-7-8-10(6-2)9(3)4/h8-11,13H,6-7,12H2,1-5H3;5-8H,1,3H2,2,4H3/b;8-7-,10-6+. The predicted molar refractivity (Wildman–Crippen MR) is 123 cm³/mol. The first-order valence-electron chi connectivity index (χ1n) is 10.0. The Morgan fingerprint density at radius 3 is 2.11 bits per heavy atom. The second-order valence-electron chi connectivity index (χ2n) is 7.99. The van der Waals surface area contributed by atoms with Gasteiger partial charge in [-0.1, -0.05) is 82.9 Å². The van der Waals surface area contributed by atoms with Crippen LogP contribution in [-0.2, 0) is 0 Å². The molecule has 0 aliphatic rings. The van der Waals surface area contributed by atoms with Gasteiger partial charge in [0.1, 0.15) is 5.75 Å². The monoisotopic (exact) mass is 368 g/mol. The Kier molecular flexibility index (Phi) is 12.2. The number of hydrogen-bond acceptors (Lipinski definition) is 1. The van der Waals surface area contributed by atoms with Gasteiger partial charge >= 0.3 is 0 Å². The zero-order valence-corrected chi connectivity index (χ0v) is 18.6. The average molecular weight is 369 g/mol. The van der Waals surface area contributed by atoms with Gasteiger partial charge in [-0.2, -0.15) is 0 Å². The maximum absolute atomic E-state index is 5.48. The molecule has 0 heterocycles. The van der Waals surface area contributed by atoms with Crippen LogP contribution >= 0.6 is 0 Å². The summed E-state index contributed by atoms with van der Waals surface area (Å²) in [5.41, 5.74) is 4.07. The highest BCUT2D eigenvalue weighted by Crippen LogP contribution is 2.33. The van der Waals surface area contributed by atoms with Crippen molar-refractivity contribution in [3.63, 3.8) is 0 Å². The number of benzene rings is 1. The molecule has 27 heavy (non-hydrogen) atoms. The molecule has 0 aromatic heterocycles. The molecule has 150 valence electrons. The van der Waals surface area contributed by atoms with E-state index in [2.05, 4.69) is 65.1 Å². The first-order chi connectivity index (χ1) is 12.7. The summed E-state index contributed by atoms with van der Waals surface area (Å²) < 4.78 is 5.48. The summed E-state index contributed by atoms with van der Waals surface area (Å²) in [6.45, 7) is 23.3. The third-order valence-corrected chi connectivity index (χ3v) is 4.23. The van der Waals surface area contributed by atoms with Crippen LogP contribution in [0.25, 0.3) is 0 Å². The van der Waals surface area contributed by atoms with Gasteiger partial charge in [0.25, 0.3) is 0 Å². The Morgan fingerprint density at radius 2 is 1.74 bits per heavy atom. The molecular formula is C26H40O. The molecule has 0 fully saturated rings. The minimum Gasteiger partial charge on any atom is -0.494 e. The summed E-state index contributed by atoms with van der Waals surface area (Å²) in [4.78, 5) is 0. The molecule has 1 heteroatoms. The van der Waals surface area contributed by atoms with Crippen molar-refractivity contribution in [2.45, 2.75) is 67.2 Å². The lowest BCUT2D eigenvalue weighted by Gasteiger charge is -2.25. The van der Waals surface area contributed by atoms with Crippen LogP contribution < -0.4 is 4.74 Å². The smallest absolute Gasteiger partial charge is 0.119 e. The molecule has 0 radical (unpaired) electrons. The molecule has 1 nitrogen and oxygen atoms in total. The van der Waals surface area contributed by atoms with E-state index in [1.165, 1.54) is 24.0 Å². The fraction of sp³-hybridized carbons (Fsp3) is 0.462. The van der Waals surface area contributed by atoms with E-state index in [0.717, 1.165) is 17.9 Å². The van der Waals surface area contributed by atoms with E-state index < -0.39 is 0 Å². The third-order valence-electron chi connectivity index (χ3n) is 4.23. The van der Waals surface area contributed by atoms with Gasteiger partial charge in [0, 0.05) is 0 Å². The lowest BCUT2D eigenvalue weighted by molar-refractivity contribution is 0.333. The van der Waals surface area contributed by atoms with Crippen molar-refractivity contribution >= 4 is 0 Å². The minimum atomic E-state index is 0.388. The van der Waals surface area contributed by atoms with Crippen molar-refractivity contribution in [2.75, 3.05) is 6.61 Å². The number of allylic oxidation sites excluding steroid dienone is 6. The molecule has 0 saturated carbocycles. The van der Waals surface area contributed by atoms with Crippen LogP contribution in [0.5, 0.6) is 5.75 Å². The van der Waals surface area contributed by atoms with Gasteiger partial charge in [-0.05, 0) is 68.2 Å². The maximum Gasteiger partial charge on any atom is 0.119 e. The summed E-state index contributed by atoms with van der Waals surface area (Å²) in [7, 11) is 0. The molecule has 1 atom stereocenters. The second-order valence-corrected chi connectivity index (χ2v) is 7.99. The van der Waals surface area contributed by atoms with E-state index >= 15 is 0 Å². The summed E-state index contributed by atoms with van der Waals surface area (Å²) in [6.07, 6.45) is 10.1. The van der Waals surface area contributed by atoms with Gasteiger partial charge < -0.3 is 4.74 Å². The summed E-state index contributed by atoms with van der Waals surface area (Å²) in [5, 5.41) is 0. The van der Waals surface area contributed by atoms with Crippen LogP contribution in [0.1, 0.15) is 72.8 Å². The van der Waals surface area contributed by atoms with E-state index in [9.17, 15) is 0 Å². The SMILES string of the molecule is C=C/C=C\C(=C/C)C(=C)C.CCOc1ccc(C(CC)CC(C)(C)C)cc1. The molecule has 0 aliphatic heterocycles. The fourth-order valence-electron chi connectivity index (χ4n) is 2.90. The predicted octanol–water partition coefficient (Wildman–Crippen LogP) is 8.27. The zero-order valence-electron chi connectivity index (χ0n) is 18.6. The molecule has 0 bridgehead atoms. The van der Waals surface area contributed by atoms with Crippen LogP contribution in [-0.4, -0.2) is 6.61 Å². The van der Waals surface area contributed by atoms with Crippen molar-refractivity contribution in [2.24, 2.45) is 5.41 Å². The average Bonchev–Trinajstić information content (AvgIpc) is 2.61. The summed E-state index contributed by atoms with van der Waals surface area (Å²) >= 11 is 0. The minimum absolute atomic E-state index is 0.388. The van der Waals surface area contributed by atoms with Crippen LogP contribution in [0.2, 0.25) is 0 Å². The van der Waals surface area contributed by atoms with Gasteiger partial charge in [0.2, 0.25) is 0 Å². The van der Waals surface area contributed by atoms with E-state index in [4.69, 9.17) is 4.74 Å². The highest BCUT2D eigenvalue weighted by Gasteiger charge is 2.18. The molecular weight excluding hydrogens is 328 g/mol. The largest absolute Gasteiger partial charge is 0.494 e. The van der Waals surface area contributed by atoms with E-state index in [1.807, 2.05) is 39.0 Å². The molecule has 0 saturated heterocycles. The first kappa shape index (κ1) is 25.0. The normalized spacial score (nSPS) is 12.9. The Labute approximate surface area is 168 Å². The van der Waals surface area contributed by atoms with Crippen molar-refractivity contribution < 1.29 is 4.74 Å². The van der Waals surface area contributed by atoms with Crippen LogP contribution in [0.4, 0.5) is 0 Å². The highest BCUT2D eigenvalue weighted by atomic mass is 16.5. The second kappa shape index (κ2) is 13.2. The first-order valence-corrected chi connectivity index (χ1v) is 10.0. The number of hydrogen-bond donors (Lipinski definition) is 0. The molecule has 0 spiro atoms. The van der Waals surface area contributed by atoms with Crippen molar-refractivity contribution in [1.29, 1.82) is 0 Å². The van der Waals surface area contributed by atoms with E-state index in [1.54, 1.807) is 6.08 Å². The van der Waals surface area contributed by atoms with Crippen LogP contribution in [0, 0.1) is 5.41 Å². The van der Waals surface area contributed by atoms with Gasteiger partial charge in [-0.25, -0.2) is 0 Å². The Balaban J connectivity index is 0.000000580. The molecule has 1 rings (SSSR count). The number of rotatable bonds is 8. The van der Waals surface area contributed by atoms with Crippen LogP contribution in [0.15, 0.2) is 72.9 Å². The maximum atomic E-state index is 5.48. The van der Waals surface area contributed by atoms with Crippen molar-refractivity contribution in [1.82, 2.24) is 0 Å². The molecule has 0 N–H and O–H groups in total. The van der Waals surface area contributed by atoms with Gasteiger partial charge in [0.05, 0.1) is 6.61 Å². The molecule has 1 unspecified atom stereocenters. The Hall–Kier alpha value is -2.02. The van der Waals surface area contributed by atoms with Crippen LogP contribution in [0.3, 0.4) is 0 Å². The van der Waals surface area contributed by atoms with Crippen molar-refractivity contribution in [3.05, 3.63) is 78.4 Å². The van der Waals surface area contributed by atoms with Gasteiger partial charge in [-0.3, -0.25) is 0 Å². The molecule has 1 aromatic carbocycles. The van der Waals surface area contributed by atoms with Gasteiger partial charge in [-0.15, -0.1) is 0 Å². The fourth-order valence-corrected chi connectivity index (χ4v) is 2.90.